The maximum Gasteiger partial charge on any atom is 0.163 e. The first-order valence-electron chi connectivity index (χ1n) is 8.24. The molecule has 0 bridgehead atoms. The molecule has 1 aromatic carbocycles. The van der Waals surface area contributed by atoms with E-state index >= 15 is 0 Å². The molecule has 1 saturated carbocycles. The summed E-state index contributed by atoms with van der Waals surface area (Å²) in [6, 6.07) is 12.8. The van der Waals surface area contributed by atoms with E-state index in [0.717, 1.165) is 54.3 Å². The zero-order valence-electron chi connectivity index (χ0n) is 12.9. The van der Waals surface area contributed by atoms with E-state index < -0.39 is 0 Å². The maximum absolute atomic E-state index is 9.56. The Labute approximate surface area is 139 Å². The zero-order chi connectivity index (χ0) is 15.6. The van der Waals surface area contributed by atoms with Crippen molar-refractivity contribution in [3.63, 3.8) is 0 Å². The first-order valence-corrected chi connectivity index (χ1v) is 9.05. The molecule has 2 aromatic heterocycles. The number of nitrogens with zero attached hydrogens (tertiary/aromatic N) is 1. The fourth-order valence-electron chi connectivity index (χ4n) is 3.20. The number of para-hydroxylation sites is 1. The van der Waals surface area contributed by atoms with Gasteiger partial charge in [-0.1, -0.05) is 12.1 Å². The van der Waals surface area contributed by atoms with Crippen LogP contribution < -0.4 is 5.32 Å². The summed E-state index contributed by atoms with van der Waals surface area (Å²) in [4.78, 5) is 4.64. The van der Waals surface area contributed by atoms with Crippen LogP contribution in [0.4, 0.5) is 0 Å². The topological polar surface area (TPSA) is 62.9 Å². The first-order chi connectivity index (χ1) is 11.3. The Bertz CT molecular complexity index is 754. The fourth-order valence-corrected chi connectivity index (χ4v) is 4.13. The van der Waals surface area contributed by atoms with Crippen molar-refractivity contribution in [1.29, 1.82) is 0 Å². The van der Waals surface area contributed by atoms with E-state index in [-0.39, 0.29) is 6.10 Å². The number of fused-ring (bicyclic) bond motifs is 1. The number of hydrogen-bond acceptors (Lipinski definition) is 4. The minimum Gasteiger partial charge on any atom is -0.453 e. The molecule has 1 aliphatic carbocycles. The van der Waals surface area contributed by atoms with Gasteiger partial charge in [0.15, 0.2) is 16.5 Å². The van der Waals surface area contributed by atoms with Crippen molar-refractivity contribution in [1.82, 2.24) is 4.98 Å². The maximum atomic E-state index is 9.56. The molecule has 1 fully saturated rings. The molecule has 0 spiro atoms. The van der Waals surface area contributed by atoms with Crippen LogP contribution in [0.1, 0.15) is 31.4 Å². The zero-order valence-corrected chi connectivity index (χ0v) is 13.8. The molecular weight excluding hydrogens is 308 g/mol. The van der Waals surface area contributed by atoms with Crippen molar-refractivity contribution in [2.24, 2.45) is 0 Å². The second kappa shape index (κ2) is 6.43. The number of furan rings is 1. The van der Waals surface area contributed by atoms with Gasteiger partial charge in [0, 0.05) is 12.8 Å². The summed E-state index contributed by atoms with van der Waals surface area (Å²) in [5.41, 5.74) is 1.03. The van der Waals surface area contributed by atoms with E-state index in [0.29, 0.717) is 6.04 Å². The number of thiazole rings is 1. The van der Waals surface area contributed by atoms with Gasteiger partial charge in [0.2, 0.25) is 0 Å². The molecule has 1 aliphatic rings. The van der Waals surface area contributed by atoms with Gasteiger partial charge in [0.05, 0.1) is 22.4 Å². The second-order valence-corrected chi connectivity index (χ2v) is 7.29. The Morgan fingerprint density at radius 2 is 1.96 bits per heavy atom. The molecule has 3 aromatic rings. The molecule has 0 unspecified atom stereocenters. The SMILES string of the molecule is OC1CCC([NH2+]Cc2ccc(-c3nc4ccccc4s3)o2)CC1. The van der Waals surface area contributed by atoms with Crippen LogP contribution in [0.5, 0.6) is 0 Å². The highest BCUT2D eigenvalue weighted by molar-refractivity contribution is 7.21. The number of aliphatic hydroxyl groups is 1. The molecule has 4 rings (SSSR count). The monoisotopic (exact) mass is 329 g/mol. The molecule has 0 radical (unpaired) electrons. The first kappa shape index (κ1) is 14.9. The third kappa shape index (κ3) is 3.32. The standard InChI is InChI=1S/C18H20N2O2S/c21-13-7-5-12(6-8-13)19-11-14-9-10-16(22-14)18-20-15-3-1-2-4-17(15)23-18/h1-4,9-10,12-13,19,21H,5-8,11H2/p+1. The lowest BCUT2D eigenvalue weighted by atomic mass is 9.93. The lowest BCUT2D eigenvalue weighted by Crippen LogP contribution is -2.88. The number of aliphatic hydroxyl groups excluding tert-OH is 1. The molecule has 0 aliphatic heterocycles. The lowest BCUT2D eigenvalue weighted by molar-refractivity contribution is -0.708. The predicted octanol–water partition coefficient (Wildman–Crippen LogP) is 2.92. The lowest BCUT2D eigenvalue weighted by Gasteiger charge is -2.23. The van der Waals surface area contributed by atoms with E-state index in [1.54, 1.807) is 11.3 Å². The van der Waals surface area contributed by atoms with E-state index in [2.05, 4.69) is 22.4 Å². The Hall–Kier alpha value is -1.69. The Balaban J connectivity index is 1.42. The number of quaternary nitrogens is 1. The van der Waals surface area contributed by atoms with Gasteiger partial charge in [-0.15, -0.1) is 11.3 Å². The van der Waals surface area contributed by atoms with Gasteiger partial charge < -0.3 is 14.8 Å². The minimum absolute atomic E-state index is 0.0890. The van der Waals surface area contributed by atoms with Crippen LogP contribution in [0, 0.1) is 0 Å². The fraction of sp³-hybridized carbons (Fsp3) is 0.389. The van der Waals surface area contributed by atoms with Crippen molar-refractivity contribution < 1.29 is 14.8 Å². The van der Waals surface area contributed by atoms with Gasteiger partial charge in [-0.25, -0.2) is 4.98 Å². The molecule has 2 heterocycles. The van der Waals surface area contributed by atoms with Crippen molar-refractivity contribution >= 4 is 21.6 Å². The largest absolute Gasteiger partial charge is 0.453 e. The molecule has 5 heteroatoms. The molecule has 3 N–H and O–H groups in total. The van der Waals surface area contributed by atoms with Crippen LogP contribution in [0.15, 0.2) is 40.8 Å². The molecule has 120 valence electrons. The van der Waals surface area contributed by atoms with Crippen molar-refractivity contribution in [3.8, 4) is 10.8 Å². The highest BCUT2D eigenvalue weighted by atomic mass is 32.1. The number of nitrogens with two attached hydrogens (primary N) is 1. The molecule has 0 amide bonds. The van der Waals surface area contributed by atoms with Gasteiger partial charge in [0.1, 0.15) is 6.54 Å². The molecule has 0 saturated heterocycles. The second-order valence-electron chi connectivity index (χ2n) is 6.26. The van der Waals surface area contributed by atoms with Crippen LogP contribution in [-0.4, -0.2) is 22.2 Å². The summed E-state index contributed by atoms with van der Waals surface area (Å²) in [7, 11) is 0. The van der Waals surface area contributed by atoms with Crippen molar-refractivity contribution in [3.05, 3.63) is 42.2 Å². The average molecular weight is 329 g/mol. The summed E-state index contributed by atoms with van der Waals surface area (Å²) in [6.07, 6.45) is 3.94. The van der Waals surface area contributed by atoms with Crippen molar-refractivity contribution in [2.45, 2.75) is 44.4 Å². The number of benzene rings is 1. The predicted molar refractivity (Wildman–Crippen MR) is 91.2 cm³/mol. The number of aromatic nitrogens is 1. The van der Waals surface area contributed by atoms with E-state index in [9.17, 15) is 5.11 Å². The number of hydrogen-bond donors (Lipinski definition) is 2. The Morgan fingerprint density at radius 1 is 1.13 bits per heavy atom. The van der Waals surface area contributed by atoms with Crippen molar-refractivity contribution in [2.75, 3.05) is 0 Å². The summed E-state index contributed by atoms with van der Waals surface area (Å²) in [5.74, 6) is 1.85. The normalized spacial score (nSPS) is 21.8. The van der Waals surface area contributed by atoms with Gasteiger partial charge in [0.25, 0.3) is 0 Å². The highest BCUT2D eigenvalue weighted by Gasteiger charge is 2.22. The molecular formula is C18H21N2O2S+. The van der Waals surface area contributed by atoms with E-state index in [4.69, 9.17) is 4.42 Å². The number of rotatable bonds is 4. The quantitative estimate of drug-likeness (QED) is 0.773. The van der Waals surface area contributed by atoms with Crippen LogP contribution >= 0.6 is 11.3 Å². The van der Waals surface area contributed by atoms with Crippen LogP contribution in [0.3, 0.4) is 0 Å². The third-order valence-electron chi connectivity index (χ3n) is 4.56. The van der Waals surface area contributed by atoms with Gasteiger partial charge >= 0.3 is 0 Å². The van der Waals surface area contributed by atoms with Gasteiger partial charge in [-0.05, 0) is 37.1 Å². The minimum atomic E-state index is -0.0890. The van der Waals surface area contributed by atoms with E-state index in [1.807, 2.05) is 24.3 Å². The summed E-state index contributed by atoms with van der Waals surface area (Å²) < 4.78 is 7.17. The summed E-state index contributed by atoms with van der Waals surface area (Å²) in [5, 5.41) is 12.8. The average Bonchev–Trinajstić information content (AvgIpc) is 3.21. The third-order valence-corrected chi connectivity index (χ3v) is 5.61. The van der Waals surface area contributed by atoms with Gasteiger partial charge in [-0.3, -0.25) is 0 Å². The summed E-state index contributed by atoms with van der Waals surface area (Å²) in [6.45, 7) is 0.853. The smallest absolute Gasteiger partial charge is 0.163 e. The summed E-state index contributed by atoms with van der Waals surface area (Å²) >= 11 is 1.67. The van der Waals surface area contributed by atoms with Crippen LogP contribution in [0.25, 0.3) is 21.0 Å². The highest BCUT2D eigenvalue weighted by Crippen LogP contribution is 2.30. The van der Waals surface area contributed by atoms with Crippen LogP contribution in [0.2, 0.25) is 0 Å². The molecule has 4 nitrogen and oxygen atoms in total. The van der Waals surface area contributed by atoms with E-state index in [1.165, 1.54) is 4.70 Å². The Morgan fingerprint density at radius 3 is 2.78 bits per heavy atom. The van der Waals surface area contributed by atoms with Crippen LogP contribution in [-0.2, 0) is 6.54 Å². The molecule has 0 atom stereocenters. The van der Waals surface area contributed by atoms with Gasteiger partial charge in [-0.2, -0.15) is 0 Å². The Kier molecular flexibility index (Phi) is 4.16. The molecule has 23 heavy (non-hydrogen) atoms.